The van der Waals surface area contributed by atoms with E-state index in [-0.39, 0.29) is 5.56 Å². The van der Waals surface area contributed by atoms with Gasteiger partial charge >= 0.3 is 5.97 Å². The number of hydrogen-bond donors (Lipinski definition) is 1. The molecule has 1 atom stereocenters. The largest absolute Gasteiger partial charge is 0.497 e. The molecule has 4 aromatic rings. The molecule has 4 rings (SSSR count). The Morgan fingerprint density at radius 1 is 0.939 bits per heavy atom. The maximum Gasteiger partial charge on any atom is 0.339 e. The van der Waals surface area contributed by atoms with E-state index >= 15 is 0 Å². The average Bonchev–Trinajstić information content (AvgIpc) is 3.27. The molecule has 8 nitrogen and oxygen atoms in total. The van der Waals surface area contributed by atoms with Crippen molar-refractivity contribution in [1.29, 1.82) is 0 Å². The molecule has 0 saturated heterocycles. The number of esters is 1. The molecule has 0 bridgehead atoms. The number of fused-ring (bicyclic) bond motifs is 1. The molecule has 0 aliphatic carbocycles. The van der Waals surface area contributed by atoms with Gasteiger partial charge in [-0.3, -0.25) is 4.79 Å². The first-order valence-electron chi connectivity index (χ1n) is 10.2. The number of methoxy groups -OCH3 is 2. The van der Waals surface area contributed by atoms with Crippen molar-refractivity contribution in [3.8, 4) is 23.0 Å². The summed E-state index contributed by atoms with van der Waals surface area (Å²) in [5.74, 6) is 0.157. The van der Waals surface area contributed by atoms with Crippen molar-refractivity contribution in [2.24, 2.45) is 0 Å². The minimum atomic E-state index is -1.06. The fourth-order valence-corrected chi connectivity index (χ4v) is 3.24. The second-order valence-electron chi connectivity index (χ2n) is 7.17. The van der Waals surface area contributed by atoms with Crippen LogP contribution in [0, 0.1) is 0 Å². The molecule has 168 valence electrons. The lowest BCUT2D eigenvalue weighted by Crippen LogP contribution is -2.30. The summed E-state index contributed by atoms with van der Waals surface area (Å²) >= 11 is 0. The van der Waals surface area contributed by atoms with Crippen molar-refractivity contribution >= 4 is 28.7 Å². The summed E-state index contributed by atoms with van der Waals surface area (Å²) in [5, 5.41) is 2.70. The number of rotatable bonds is 7. The van der Waals surface area contributed by atoms with Crippen LogP contribution in [0.4, 0.5) is 5.69 Å². The molecular weight excluding hydrogens is 424 g/mol. The van der Waals surface area contributed by atoms with E-state index in [0.717, 1.165) is 0 Å². The van der Waals surface area contributed by atoms with Crippen LogP contribution >= 0.6 is 0 Å². The van der Waals surface area contributed by atoms with Gasteiger partial charge in [0.15, 0.2) is 11.7 Å². The maximum atomic E-state index is 12.9. The van der Waals surface area contributed by atoms with Crippen LogP contribution in [-0.2, 0) is 9.53 Å². The van der Waals surface area contributed by atoms with Gasteiger partial charge in [-0.2, -0.15) is 0 Å². The number of amides is 1. The van der Waals surface area contributed by atoms with E-state index in [1.165, 1.54) is 21.1 Å². The molecule has 0 aliphatic heterocycles. The molecule has 3 aromatic carbocycles. The van der Waals surface area contributed by atoms with Crippen molar-refractivity contribution in [3.63, 3.8) is 0 Å². The fraction of sp³-hybridized carbons (Fsp3) is 0.160. The molecule has 0 saturated carbocycles. The third-order valence-corrected chi connectivity index (χ3v) is 4.94. The number of hydrogen-bond acceptors (Lipinski definition) is 7. The zero-order chi connectivity index (χ0) is 23.4. The van der Waals surface area contributed by atoms with E-state index in [9.17, 15) is 9.59 Å². The topological polar surface area (TPSA) is 99.9 Å². The van der Waals surface area contributed by atoms with E-state index in [1.807, 2.05) is 18.2 Å². The minimum Gasteiger partial charge on any atom is -0.497 e. The highest BCUT2D eigenvalue weighted by molar-refractivity contribution is 6.00. The van der Waals surface area contributed by atoms with Crippen LogP contribution < -0.4 is 14.8 Å². The van der Waals surface area contributed by atoms with Crippen LogP contribution in [-0.4, -0.2) is 37.2 Å². The normalized spacial score (nSPS) is 11.6. The summed E-state index contributed by atoms with van der Waals surface area (Å²) in [4.78, 5) is 30.0. The Labute approximate surface area is 190 Å². The molecule has 0 fully saturated rings. The number of para-hydroxylation sites is 2. The van der Waals surface area contributed by atoms with Gasteiger partial charge in [0.05, 0.1) is 25.3 Å². The number of carbonyl (C=O) groups is 2. The van der Waals surface area contributed by atoms with Gasteiger partial charge in [-0.1, -0.05) is 24.3 Å². The Bertz CT molecular complexity index is 1260. The number of ether oxygens (including phenoxy) is 3. The van der Waals surface area contributed by atoms with Crippen LogP contribution in [0.3, 0.4) is 0 Å². The first-order chi connectivity index (χ1) is 16.0. The van der Waals surface area contributed by atoms with Gasteiger partial charge in [-0.05, 0) is 31.2 Å². The summed E-state index contributed by atoms with van der Waals surface area (Å²) in [7, 11) is 3.03. The van der Waals surface area contributed by atoms with Crippen LogP contribution in [0.15, 0.2) is 71.1 Å². The van der Waals surface area contributed by atoms with E-state index < -0.39 is 18.0 Å². The van der Waals surface area contributed by atoms with Gasteiger partial charge in [0.25, 0.3) is 5.91 Å². The zero-order valence-corrected chi connectivity index (χ0v) is 18.3. The second kappa shape index (κ2) is 9.44. The van der Waals surface area contributed by atoms with Crippen LogP contribution in [0.1, 0.15) is 17.3 Å². The average molecular weight is 446 g/mol. The highest BCUT2D eigenvalue weighted by Crippen LogP contribution is 2.28. The minimum absolute atomic E-state index is 0.242. The number of benzene rings is 3. The van der Waals surface area contributed by atoms with E-state index in [0.29, 0.717) is 39.7 Å². The number of nitrogens with one attached hydrogen (secondary N) is 1. The van der Waals surface area contributed by atoms with Crippen molar-refractivity contribution in [3.05, 3.63) is 72.3 Å². The number of anilines is 1. The van der Waals surface area contributed by atoms with Crippen LogP contribution in [0.5, 0.6) is 11.5 Å². The summed E-state index contributed by atoms with van der Waals surface area (Å²) in [5.41, 5.74) is 2.45. The molecule has 1 amide bonds. The lowest BCUT2D eigenvalue weighted by molar-refractivity contribution is -0.123. The van der Waals surface area contributed by atoms with Crippen molar-refractivity contribution in [2.75, 3.05) is 19.5 Å². The molecule has 8 heteroatoms. The number of carbonyl (C=O) groups excluding carboxylic acids is 2. The summed E-state index contributed by atoms with van der Waals surface area (Å²) in [6.07, 6.45) is -1.06. The molecule has 33 heavy (non-hydrogen) atoms. The van der Waals surface area contributed by atoms with Crippen LogP contribution in [0.2, 0.25) is 0 Å². The van der Waals surface area contributed by atoms with Gasteiger partial charge < -0.3 is 23.9 Å². The molecule has 1 aromatic heterocycles. The monoisotopic (exact) mass is 446 g/mol. The van der Waals surface area contributed by atoms with Crippen LogP contribution in [0.25, 0.3) is 22.6 Å². The van der Waals surface area contributed by atoms with Crippen molar-refractivity contribution in [1.82, 2.24) is 4.98 Å². The van der Waals surface area contributed by atoms with Gasteiger partial charge in [-0.15, -0.1) is 0 Å². The highest BCUT2D eigenvalue weighted by Gasteiger charge is 2.23. The Morgan fingerprint density at radius 3 is 2.30 bits per heavy atom. The zero-order valence-electron chi connectivity index (χ0n) is 18.3. The number of oxazole rings is 1. The Hall–Kier alpha value is -4.33. The summed E-state index contributed by atoms with van der Waals surface area (Å²) < 4.78 is 21.6. The van der Waals surface area contributed by atoms with E-state index in [4.69, 9.17) is 18.6 Å². The summed E-state index contributed by atoms with van der Waals surface area (Å²) in [6, 6.07) is 19.1. The van der Waals surface area contributed by atoms with Crippen molar-refractivity contribution < 1.29 is 28.2 Å². The standard InChI is InChI=1S/C25H22N2O6/c1-15(23(28)26-16-12-17(30-2)14-18(13-16)31-3)32-25(29)20-9-5-4-8-19(20)24-27-21-10-6-7-11-22(21)33-24/h4-15H,1-3H3,(H,26,28). The molecule has 0 aliphatic rings. The van der Waals surface area contributed by atoms with Crippen molar-refractivity contribution in [2.45, 2.75) is 13.0 Å². The molecule has 1 unspecified atom stereocenters. The lowest BCUT2D eigenvalue weighted by atomic mass is 10.1. The molecule has 1 heterocycles. The predicted octanol–water partition coefficient (Wildman–Crippen LogP) is 4.70. The van der Waals surface area contributed by atoms with Gasteiger partial charge in [-0.25, -0.2) is 9.78 Å². The van der Waals surface area contributed by atoms with E-state index in [1.54, 1.807) is 48.5 Å². The SMILES string of the molecule is COc1cc(NC(=O)C(C)OC(=O)c2ccccc2-c2nc3ccccc3o2)cc(OC)c1. The maximum absolute atomic E-state index is 12.9. The lowest BCUT2D eigenvalue weighted by Gasteiger charge is -2.15. The third kappa shape index (κ3) is 4.79. The van der Waals surface area contributed by atoms with Gasteiger partial charge in [0.2, 0.25) is 5.89 Å². The highest BCUT2D eigenvalue weighted by atomic mass is 16.5. The second-order valence-corrected chi connectivity index (χ2v) is 7.17. The first-order valence-corrected chi connectivity index (χ1v) is 10.2. The molecule has 0 spiro atoms. The predicted molar refractivity (Wildman–Crippen MR) is 122 cm³/mol. The quantitative estimate of drug-likeness (QED) is 0.411. The van der Waals surface area contributed by atoms with E-state index in [2.05, 4.69) is 10.3 Å². The fourth-order valence-electron chi connectivity index (χ4n) is 3.24. The Morgan fingerprint density at radius 2 is 1.61 bits per heavy atom. The Kier molecular flexibility index (Phi) is 6.26. The number of nitrogens with zero attached hydrogens (tertiary/aromatic N) is 1. The molecule has 0 radical (unpaired) electrons. The van der Waals surface area contributed by atoms with Gasteiger partial charge in [0.1, 0.15) is 17.0 Å². The first kappa shape index (κ1) is 21.9. The molecular formula is C25H22N2O6. The third-order valence-electron chi connectivity index (χ3n) is 4.94. The molecule has 1 N–H and O–H groups in total. The van der Waals surface area contributed by atoms with Gasteiger partial charge in [0, 0.05) is 23.9 Å². The summed E-state index contributed by atoms with van der Waals surface area (Å²) in [6.45, 7) is 1.49. The Balaban J connectivity index is 1.51. The number of aromatic nitrogens is 1. The smallest absolute Gasteiger partial charge is 0.339 e.